The third-order valence-electron chi connectivity index (χ3n) is 4.14. The molecule has 0 saturated carbocycles. The van der Waals surface area contributed by atoms with Crippen LogP contribution in [0, 0.1) is 0 Å². The number of likely N-dealkylation sites (tertiary alicyclic amines) is 1. The second-order valence-electron chi connectivity index (χ2n) is 6.43. The van der Waals surface area contributed by atoms with E-state index in [2.05, 4.69) is 31.7 Å². The van der Waals surface area contributed by atoms with Crippen molar-refractivity contribution in [2.75, 3.05) is 25.9 Å². The molecule has 1 fully saturated rings. The summed E-state index contributed by atoms with van der Waals surface area (Å²) in [6.45, 7) is 9.18. The molecule has 0 bridgehead atoms. The second-order valence-corrected chi connectivity index (χ2v) is 6.43. The standard InChI is InChI=1S/C16H26N2O/c1-16(2,3)18-9-7-12(8-10-18)14-6-5-13(17)11-15(14)19-4/h5-6,11-12H,7-10,17H2,1-4H3. The summed E-state index contributed by atoms with van der Waals surface area (Å²) in [7, 11) is 1.72. The number of ether oxygens (including phenoxy) is 1. The smallest absolute Gasteiger partial charge is 0.124 e. The van der Waals surface area contributed by atoms with Gasteiger partial charge in [0.15, 0.2) is 0 Å². The molecule has 1 heterocycles. The Hall–Kier alpha value is -1.22. The third-order valence-corrected chi connectivity index (χ3v) is 4.14. The minimum atomic E-state index is 0.274. The fraction of sp³-hybridized carbons (Fsp3) is 0.625. The third kappa shape index (κ3) is 3.21. The molecule has 106 valence electrons. The first kappa shape index (κ1) is 14.2. The molecule has 0 amide bonds. The maximum absolute atomic E-state index is 5.82. The lowest BCUT2D eigenvalue weighted by molar-refractivity contribution is 0.102. The van der Waals surface area contributed by atoms with Crippen LogP contribution in [-0.2, 0) is 0 Å². The van der Waals surface area contributed by atoms with Crippen LogP contribution in [0.25, 0.3) is 0 Å². The fourth-order valence-corrected chi connectivity index (χ4v) is 2.93. The number of rotatable bonds is 2. The van der Waals surface area contributed by atoms with Crippen molar-refractivity contribution in [1.29, 1.82) is 0 Å². The Kier molecular flexibility index (Phi) is 4.04. The van der Waals surface area contributed by atoms with Crippen molar-refractivity contribution in [3.63, 3.8) is 0 Å². The highest BCUT2D eigenvalue weighted by Crippen LogP contribution is 2.36. The van der Waals surface area contributed by atoms with Gasteiger partial charge in [-0.15, -0.1) is 0 Å². The van der Waals surface area contributed by atoms with Crippen LogP contribution in [0.3, 0.4) is 0 Å². The van der Waals surface area contributed by atoms with E-state index in [4.69, 9.17) is 10.5 Å². The van der Waals surface area contributed by atoms with Gasteiger partial charge in [0.1, 0.15) is 5.75 Å². The molecule has 3 nitrogen and oxygen atoms in total. The highest BCUT2D eigenvalue weighted by Gasteiger charge is 2.28. The molecule has 1 aromatic carbocycles. The summed E-state index contributed by atoms with van der Waals surface area (Å²) in [5, 5.41) is 0. The van der Waals surface area contributed by atoms with Crippen LogP contribution in [0.4, 0.5) is 5.69 Å². The molecule has 2 rings (SSSR count). The number of hydrogen-bond acceptors (Lipinski definition) is 3. The fourth-order valence-electron chi connectivity index (χ4n) is 2.93. The largest absolute Gasteiger partial charge is 0.496 e. The van der Waals surface area contributed by atoms with Gasteiger partial charge in [-0.1, -0.05) is 6.07 Å². The van der Waals surface area contributed by atoms with Gasteiger partial charge in [0, 0.05) is 17.3 Å². The minimum absolute atomic E-state index is 0.274. The molecule has 3 heteroatoms. The number of nitrogen functional groups attached to an aromatic ring is 1. The topological polar surface area (TPSA) is 38.5 Å². The van der Waals surface area contributed by atoms with Gasteiger partial charge in [0.05, 0.1) is 7.11 Å². The lowest BCUT2D eigenvalue weighted by atomic mass is 9.87. The number of benzene rings is 1. The maximum Gasteiger partial charge on any atom is 0.124 e. The Balaban J connectivity index is 2.10. The van der Waals surface area contributed by atoms with E-state index in [1.807, 2.05) is 12.1 Å². The first-order valence-electron chi connectivity index (χ1n) is 7.10. The van der Waals surface area contributed by atoms with Crippen molar-refractivity contribution in [1.82, 2.24) is 4.90 Å². The lowest BCUT2D eigenvalue weighted by Crippen LogP contribution is -2.45. The van der Waals surface area contributed by atoms with Crippen molar-refractivity contribution in [3.05, 3.63) is 23.8 Å². The van der Waals surface area contributed by atoms with Gasteiger partial charge >= 0.3 is 0 Å². The number of hydrogen-bond donors (Lipinski definition) is 1. The van der Waals surface area contributed by atoms with Gasteiger partial charge in [0.2, 0.25) is 0 Å². The molecule has 0 aromatic heterocycles. The Bertz CT molecular complexity index is 429. The van der Waals surface area contributed by atoms with Crippen LogP contribution in [0.5, 0.6) is 5.75 Å². The van der Waals surface area contributed by atoms with Crippen LogP contribution < -0.4 is 10.5 Å². The molecular weight excluding hydrogens is 236 g/mol. The molecule has 0 aliphatic carbocycles. The normalized spacial score (nSPS) is 18.5. The van der Waals surface area contributed by atoms with Crippen LogP contribution in [0.15, 0.2) is 18.2 Å². The highest BCUT2D eigenvalue weighted by atomic mass is 16.5. The Morgan fingerprint density at radius 1 is 1.21 bits per heavy atom. The summed E-state index contributed by atoms with van der Waals surface area (Å²) in [5.41, 5.74) is 8.18. The molecule has 0 unspecified atom stereocenters. The van der Waals surface area contributed by atoms with Gasteiger partial charge in [-0.25, -0.2) is 0 Å². The van der Waals surface area contributed by atoms with E-state index in [0.29, 0.717) is 5.92 Å². The molecule has 1 aromatic rings. The van der Waals surface area contributed by atoms with Crippen LogP contribution in [0.1, 0.15) is 45.1 Å². The van der Waals surface area contributed by atoms with Gasteiger partial charge in [0.25, 0.3) is 0 Å². The zero-order chi connectivity index (χ0) is 14.0. The zero-order valence-electron chi connectivity index (χ0n) is 12.6. The maximum atomic E-state index is 5.82. The summed E-state index contributed by atoms with van der Waals surface area (Å²) in [5.74, 6) is 1.53. The average molecular weight is 262 g/mol. The van der Waals surface area contributed by atoms with E-state index in [-0.39, 0.29) is 5.54 Å². The summed E-state index contributed by atoms with van der Waals surface area (Å²) in [6, 6.07) is 6.05. The van der Waals surface area contributed by atoms with E-state index < -0.39 is 0 Å². The predicted molar refractivity (Wildman–Crippen MR) is 80.7 cm³/mol. The number of methoxy groups -OCH3 is 1. The minimum Gasteiger partial charge on any atom is -0.496 e. The molecule has 2 N–H and O–H groups in total. The summed E-state index contributed by atoms with van der Waals surface area (Å²) in [4.78, 5) is 2.56. The Morgan fingerprint density at radius 3 is 2.37 bits per heavy atom. The monoisotopic (exact) mass is 262 g/mol. The molecule has 1 aliphatic heterocycles. The average Bonchev–Trinajstić information content (AvgIpc) is 2.37. The molecule has 0 spiro atoms. The van der Waals surface area contributed by atoms with E-state index in [1.165, 1.54) is 18.4 Å². The first-order valence-corrected chi connectivity index (χ1v) is 7.10. The number of nitrogens with two attached hydrogens (primary N) is 1. The van der Waals surface area contributed by atoms with Gasteiger partial charge < -0.3 is 10.5 Å². The van der Waals surface area contributed by atoms with Crippen LogP contribution in [-0.4, -0.2) is 30.6 Å². The molecule has 1 saturated heterocycles. The van der Waals surface area contributed by atoms with E-state index in [1.54, 1.807) is 7.11 Å². The summed E-state index contributed by atoms with van der Waals surface area (Å²) < 4.78 is 5.48. The van der Waals surface area contributed by atoms with E-state index in [0.717, 1.165) is 24.5 Å². The lowest BCUT2D eigenvalue weighted by Gasteiger charge is -2.41. The molecule has 19 heavy (non-hydrogen) atoms. The molecule has 1 aliphatic rings. The van der Waals surface area contributed by atoms with Gasteiger partial charge in [-0.05, 0) is 64.3 Å². The first-order chi connectivity index (χ1) is 8.91. The van der Waals surface area contributed by atoms with E-state index >= 15 is 0 Å². The SMILES string of the molecule is COc1cc(N)ccc1C1CCN(C(C)(C)C)CC1. The molecule has 0 radical (unpaired) electrons. The van der Waals surface area contributed by atoms with Crippen molar-refractivity contribution in [2.45, 2.75) is 45.1 Å². The van der Waals surface area contributed by atoms with Crippen molar-refractivity contribution >= 4 is 5.69 Å². The quantitative estimate of drug-likeness (QED) is 0.831. The van der Waals surface area contributed by atoms with E-state index in [9.17, 15) is 0 Å². The Labute approximate surface area is 116 Å². The van der Waals surface area contributed by atoms with Gasteiger partial charge in [-0.2, -0.15) is 0 Å². The Morgan fingerprint density at radius 2 is 1.84 bits per heavy atom. The summed E-state index contributed by atoms with van der Waals surface area (Å²) >= 11 is 0. The highest BCUT2D eigenvalue weighted by molar-refractivity contribution is 5.49. The second kappa shape index (κ2) is 5.41. The van der Waals surface area contributed by atoms with Crippen molar-refractivity contribution < 1.29 is 4.74 Å². The van der Waals surface area contributed by atoms with Crippen molar-refractivity contribution in [2.24, 2.45) is 0 Å². The van der Waals surface area contributed by atoms with Crippen molar-refractivity contribution in [3.8, 4) is 5.75 Å². The predicted octanol–water partition coefficient (Wildman–Crippen LogP) is 3.26. The van der Waals surface area contributed by atoms with Crippen LogP contribution >= 0.6 is 0 Å². The number of nitrogens with zero attached hydrogens (tertiary/aromatic N) is 1. The number of piperidine rings is 1. The zero-order valence-corrected chi connectivity index (χ0v) is 12.6. The number of anilines is 1. The molecular formula is C16H26N2O. The molecule has 0 atom stereocenters. The summed E-state index contributed by atoms with van der Waals surface area (Å²) in [6.07, 6.45) is 2.38. The van der Waals surface area contributed by atoms with Gasteiger partial charge in [-0.3, -0.25) is 4.90 Å². The van der Waals surface area contributed by atoms with Crippen LogP contribution in [0.2, 0.25) is 0 Å².